The largest absolute Gasteiger partial charge is 0.462 e. The van der Waals surface area contributed by atoms with E-state index in [1.54, 1.807) is 14.1 Å². The number of hydrogen-bond donors (Lipinski definition) is 2. The Bertz CT molecular complexity index is 1380. The summed E-state index contributed by atoms with van der Waals surface area (Å²) in [5, 5.41) is 7.07. The van der Waals surface area contributed by atoms with Crippen LogP contribution in [0.15, 0.2) is 18.2 Å². The zero-order valence-electron chi connectivity index (χ0n) is 24.3. The molecule has 0 radical (unpaired) electrons. The smallest absolute Gasteiger partial charge is 0.435 e. The third kappa shape index (κ3) is 7.92. The molecule has 2 aliphatic rings. The molecule has 1 unspecified atom stereocenters. The normalized spacial score (nSPS) is 19.5. The molecule has 0 saturated heterocycles. The van der Waals surface area contributed by atoms with Crippen LogP contribution in [0, 0.1) is 0 Å². The second-order valence-electron chi connectivity index (χ2n) is 11.3. The lowest BCUT2D eigenvalue weighted by Gasteiger charge is -2.30. The van der Waals surface area contributed by atoms with Crippen LogP contribution in [-0.2, 0) is 31.7 Å². The van der Waals surface area contributed by atoms with E-state index in [-0.39, 0.29) is 48.4 Å². The van der Waals surface area contributed by atoms with Crippen molar-refractivity contribution in [2.24, 2.45) is 5.73 Å². The fourth-order valence-electron chi connectivity index (χ4n) is 5.68. The van der Waals surface area contributed by atoms with Crippen molar-refractivity contribution in [1.29, 1.82) is 0 Å². The fraction of sp³-hybridized carbons (Fsp3) is 0.552. The van der Waals surface area contributed by atoms with Crippen molar-refractivity contribution in [3.8, 4) is 5.69 Å². The Morgan fingerprint density at radius 2 is 1.86 bits per heavy atom. The number of hydrogen-bond acceptors (Lipinski definition) is 9. The molecule has 1 atom stereocenters. The second-order valence-corrected chi connectivity index (χ2v) is 11.3. The SMILES string of the molecule is CC(=O)OC(CC(=O)OC1CCC(Nc2cc(-n3nc(C(F)(F)F)c4c3CCCC4=O)ccc2C(N)=O)CC1)CN(C)C. The predicted molar refractivity (Wildman–Crippen MR) is 149 cm³/mol. The van der Waals surface area contributed by atoms with Crippen LogP contribution in [-0.4, -0.2) is 77.2 Å². The van der Waals surface area contributed by atoms with E-state index in [0.717, 1.165) is 4.68 Å². The predicted octanol–water partition coefficient (Wildman–Crippen LogP) is 3.66. The summed E-state index contributed by atoms with van der Waals surface area (Å²) in [5.74, 6) is -2.26. The highest BCUT2D eigenvalue weighted by molar-refractivity contribution is 6.00. The Morgan fingerprint density at radius 1 is 1.16 bits per heavy atom. The molecule has 43 heavy (non-hydrogen) atoms. The summed E-state index contributed by atoms with van der Waals surface area (Å²) >= 11 is 0. The number of carbonyl (C=O) groups is 4. The number of carbonyl (C=O) groups excluding carboxylic acids is 4. The summed E-state index contributed by atoms with van der Waals surface area (Å²) in [7, 11) is 3.61. The highest BCUT2D eigenvalue weighted by Crippen LogP contribution is 2.37. The van der Waals surface area contributed by atoms with Gasteiger partial charge in [-0.05, 0) is 70.8 Å². The van der Waals surface area contributed by atoms with Gasteiger partial charge in [0.05, 0.1) is 28.9 Å². The first kappa shape index (κ1) is 32.0. The van der Waals surface area contributed by atoms with Crippen molar-refractivity contribution in [2.75, 3.05) is 26.0 Å². The molecule has 14 heteroatoms. The first-order chi connectivity index (χ1) is 20.2. The van der Waals surface area contributed by atoms with E-state index in [1.807, 2.05) is 4.90 Å². The van der Waals surface area contributed by atoms with Gasteiger partial charge in [-0.25, -0.2) is 4.68 Å². The van der Waals surface area contributed by atoms with E-state index in [2.05, 4.69) is 10.4 Å². The van der Waals surface area contributed by atoms with Crippen LogP contribution >= 0.6 is 0 Å². The highest BCUT2D eigenvalue weighted by atomic mass is 19.4. The number of fused-ring (bicyclic) bond motifs is 1. The number of halogens is 3. The van der Waals surface area contributed by atoms with Gasteiger partial charge in [-0.3, -0.25) is 19.2 Å². The van der Waals surface area contributed by atoms with Crippen molar-refractivity contribution >= 4 is 29.3 Å². The molecule has 1 amide bonds. The van der Waals surface area contributed by atoms with Gasteiger partial charge in [0.15, 0.2) is 11.5 Å². The van der Waals surface area contributed by atoms with Gasteiger partial charge in [0.2, 0.25) is 0 Å². The van der Waals surface area contributed by atoms with Gasteiger partial charge in [-0.2, -0.15) is 18.3 Å². The average molecular weight is 608 g/mol. The summed E-state index contributed by atoms with van der Waals surface area (Å²) in [6.45, 7) is 1.66. The van der Waals surface area contributed by atoms with Crippen molar-refractivity contribution in [2.45, 2.75) is 82.7 Å². The Morgan fingerprint density at radius 3 is 2.47 bits per heavy atom. The number of ether oxygens (including phenoxy) is 2. The molecule has 1 aromatic carbocycles. The molecule has 234 valence electrons. The van der Waals surface area contributed by atoms with Gasteiger partial charge < -0.3 is 25.4 Å². The van der Waals surface area contributed by atoms with Crippen LogP contribution in [0.3, 0.4) is 0 Å². The number of primary amides is 1. The molecule has 3 N–H and O–H groups in total. The number of alkyl halides is 3. The average Bonchev–Trinajstić information content (AvgIpc) is 3.30. The number of rotatable bonds is 10. The molecule has 1 saturated carbocycles. The third-order valence-corrected chi connectivity index (χ3v) is 7.49. The van der Waals surface area contributed by atoms with Gasteiger partial charge >= 0.3 is 18.1 Å². The Balaban J connectivity index is 1.46. The quantitative estimate of drug-likeness (QED) is 0.387. The van der Waals surface area contributed by atoms with E-state index in [9.17, 15) is 32.3 Å². The Kier molecular flexibility index (Phi) is 9.78. The van der Waals surface area contributed by atoms with Gasteiger partial charge in [-0.1, -0.05) is 0 Å². The van der Waals surface area contributed by atoms with Crippen LogP contribution in [0.1, 0.15) is 84.0 Å². The molecule has 1 heterocycles. The number of ketones is 1. The number of anilines is 1. The maximum atomic E-state index is 13.8. The second kappa shape index (κ2) is 13.1. The summed E-state index contributed by atoms with van der Waals surface area (Å²) in [6, 6.07) is 4.25. The lowest BCUT2D eigenvalue weighted by Crippen LogP contribution is -2.35. The summed E-state index contributed by atoms with van der Waals surface area (Å²) in [5.41, 5.74) is 4.91. The zero-order chi connectivity index (χ0) is 31.5. The van der Waals surface area contributed by atoms with Gasteiger partial charge in [0.1, 0.15) is 12.2 Å². The summed E-state index contributed by atoms with van der Waals surface area (Å²) < 4.78 is 53.2. The molecular weight excluding hydrogens is 571 g/mol. The maximum Gasteiger partial charge on any atom is 0.435 e. The molecular formula is C29H36F3N5O6. The van der Waals surface area contributed by atoms with Crippen LogP contribution in [0.4, 0.5) is 18.9 Å². The van der Waals surface area contributed by atoms with Crippen LogP contribution in [0.2, 0.25) is 0 Å². The van der Waals surface area contributed by atoms with Crippen LogP contribution in [0.5, 0.6) is 0 Å². The van der Waals surface area contributed by atoms with Gasteiger partial charge in [0, 0.05) is 31.6 Å². The number of nitrogens with two attached hydrogens (primary N) is 1. The van der Waals surface area contributed by atoms with E-state index in [0.29, 0.717) is 44.3 Å². The molecule has 2 aromatic rings. The number of likely N-dealkylation sites (N-methyl/N-ethyl adjacent to an activating group) is 1. The number of nitrogens with one attached hydrogen (secondary N) is 1. The number of aromatic nitrogens is 2. The number of nitrogens with zero attached hydrogens (tertiary/aromatic N) is 3. The van der Waals surface area contributed by atoms with Crippen molar-refractivity contribution in [3.63, 3.8) is 0 Å². The van der Waals surface area contributed by atoms with Crippen molar-refractivity contribution in [1.82, 2.24) is 14.7 Å². The number of Topliss-reactive ketones (excluding diaryl/α,β-unsaturated/α-hetero) is 1. The minimum Gasteiger partial charge on any atom is -0.462 e. The maximum absolute atomic E-state index is 13.8. The molecule has 0 bridgehead atoms. The van der Waals surface area contributed by atoms with E-state index in [4.69, 9.17) is 15.2 Å². The summed E-state index contributed by atoms with van der Waals surface area (Å²) in [4.78, 5) is 50.3. The van der Waals surface area contributed by atoms with Crippen molar-refractivity contribution < 1.29 is 41.8 Å². The Hall–Kier alpha value is -3.94. The molecule has 0 aliphatic heterocycles. The lowest BCUT2D eigenvalue weighted by atomic mass is 9.92. The summed E-state index contributed by atoms with van der Waals surface area (Å²) in [6.07, 6.45) is -2.91. The molecule has 4 rings (SSSR count). The standard InChI is InChI=1S/C29H36F3N5O6/c1-16(38)42-20(15-36(2)3)14-25(40)43-19-10-7-17(8-11-19)34-22-13-18(9-12-21(22)28(33)41)37-23-5-4-6-24(39)26(23)27(35-37)29(30,31)32/h9,12-13,17,19-20,34H,4-8,10-11,14-15H2,1-3H3,(H2,33,41). The van der Waals surface area contributed by atoms with Crippen LogP contribution in [0.25, 0.3) is 5.69 Å². The van der Waals surface area contributed by atoms with Crippen LogP contribution < -0.4 is 11.1 Å². The number of benzene rings is 1. The first-order valence-electron chi connectivity index (χ1n) is 14.2. The van der Waals surface area contributed by atoms with Crippen molar-refractivity contribution in [3.05, 3.63) is 40.7 Å². The molecule has 1 aromatic heterocycles. The van der Waals surface area contributed by atoms with Gasteiger partial charge in [0.25, 0.3) is 5.91 Å². The van der Waals surface area contributed by atoms with E-state index < -0.39 is 47.2 Å². The topological polar surface area (TPSA) is 146 Å². The van der Waals surface area contributed by atoms with E-state index >= 15 is 0 Å². The number of esters is 2. The lowest BCUT2D eigenvalue weighted by molar-refractivity contribution is -0.158. The third-order valence-electron chi connectivity index (χ3n) is 7.49. The molecule has 2 aliphatic carbocycles. The molecule has 0 spiro atoms. The zero-order valence-corrected chi connectivity index (χ0v) is 24.3. The van der Waals surface area contributed by atoms with Gasteiger partial charge in [-0.15, -0.1) is 0 Å². The minimum atomic E-state index is -4.80. The number of amides is 1. The first-order valence-corrected chi connectivity index (χ1v) is 14.2. The minimum absolute atomic E-state index is 0.0238. The monoisotopic (exact) mass is 607 g/mol. The van der Waals surface area contributed by atoms with E-state index in [1.165, 1.54) is 25.1 Å². The molecule has 11 nitrogen and oxygen atoms in total. The Labute approximate surface area is 246 Å². The molecule has 1 fully saturated rings. The highest BCUT2D eigenvalue weighted by Gasteiger charge is 2.42. The fourth-order valence-corrected chi connectivity index (χ4v) is 5.68.